The number of aromatic nitrogens is 3. The van der Waals surface area contributed by atoms with Gasteiger partial charge < -0.3 is 0 Å². The Balaban J connectivity index is 2.46. The normalized spacial score (nSPS) is 9.67. The van der Waals surface area contributed by atoms with E-state index in [9.17, 15) is 0 Å². The van der Waals surface area contributed by atoms with Crippen molar-refractivity contribution in [3.8, 4) is 11.1 Å². The van der Waals surface area contributed by atoms with Gasteiger partial charge in [-0.3, -0.25) is 4.98 Å². The van der Waals surface area contributed by atoms with Crippen molar-refractivity contribution in [1.29, 1.82) is 0 Å². The van der Waals surface area contributed by atoms with Gasteiger partial charge in [-0.15, -0.1) is 0 Å². The molecule has 57 valence electrons. The van der Waals surface area contributed by atoms with E-state index in [1.807, 2.05) is 6.07 Å². The minimum atomic E-state index is 0.960. The van der Waals surface area contributed by atoms with Crippen LogP contribution in [0.2, 0.25) is 0 Å². The van der Waals surface area contributed by atoms with Crippen LogP contribution < -0.4 is 0 Å². The Labute approximate surface area is 70.1 Å². The van der Waals surface area contributed by atoms with Gasteiger partial charge in [0.05, 0.1) is 0 Å². The van der Waals surface area contributed by atoms with Gasteiger partial charge in [0, 0.05) is 42.0 Å². The van der Waals surface area contributed by atoms with Crippen molar-refractivity contribution in [3.63, 3.8) is 0 Å². The molecule has 0 unspecified atom stereocenters. The van der Waals surface area contributed by atoms with E-state index in [4.69, 9.17) is 0 Å². The lowest BCUT2D eigenvalue weighted by molar-refractivity contribution is 1.17. The van der Waals surface area contributed by atoms with Crippen LogP contribution in [0.5, 0.6) is 0 Å². The van der Waals surface area contributed by atoms with Crippen LogP contribution in [0.15, 0.2) is 37.2 Å². The van der Waals surface area contributed by atoms with E-state index >= 15 is 0 Å². The predicted molar refractivity (Wildman–Crippen MR) is 44.1 cm³/mol. The number of nitrogens with zero attached hydrogens (tertiary/aromatic N) is 3. The third-order valence-electron chi connectivity index (χ3n) is 1.50. The van der Waals surface area contributed by atoms with Crippen LogP contribution in [-0.2, 0) is 0 Å². The molecule has 2 aromatic heterocycles. The first kappa shape index (κ1) is 6.91. The lowest BCUT2D eigenvalue weighted by Gasteiger charge is -1.96. The summed E-state index contributed by atoms with van der Waals surface area (Å²) >= 11 is 0. The Morgan fingerprint density at radius 2 is 1.67 bits per heavy atom. The van der Waals surface area contributed by atoms with E-state index in [1.165, 1.54) is 6.33 Å². The van der Waals surface area contributed by atoms with Crippen molar-refractivity contribution in [2.24, 2.45) is 0 Å². The van der Waals surface area contributed by atoms with E-state index in [1.54, 1.807) is 24.8 Å². The van der Waals surface area contributed by atoms with Gasteiger partial charge in [0.1, 0.15) is 6.33 Å². The molecule has 0 aliphatic carbocycles. The van der Waals surface area contributed by atoms with E-state index in [-0.39, 0.29) is 0 Å². The zero-order valence-corrected chi connectivity index (χ0v) is 6.31. The molecule has 0 spiro atoms. The van der Waals surface area contributed by atoms with Crippen LogP contribution in [0.25, 0.3) is 11.1 Å². The number of pyridine rings is 1. The molecule has 3 nitrogen and oxygen atoms in total. The molecule has 0 saturated carbocycles. The summed E-state index contributed by atoms with van der Waals surface area (Å²) in [5, 5.41) is 0. The molecule has 0 saturated heterocycles. The molecule has 0 fully saturated rings. The minimum absolute atomic E-state index is 0.960. The van der Waals surface area contributed by atoms with Crippen molar-refractivity contribution >= 4 is 0 Å². The van der Waals surface area contributed by atoms with E-state index in [0.717, 1.165) is 11.1 Å². The molecule has 12 heavy (non-hydrogen) atoms. The Hall–Kier alpha value is -1.77. The highest BCUT2D eigenvalue weighted by atomic mass is 14.8. The summed E-state index contributed by atoms with van der Waals surface area (Å²) in [7, 11) is 0. The van der Waals surface area contributed by atoms with Crippen LogP contribution in [0.1, 0.15) is 0 Å². The third kappa shape index (κ3) is 1.29. The molecule has 0 bridgehead atoms. The van der Waals surface area contributed by atoms with E-state index in [2.05, 4.69) is 21.0 Å². The van der Waals surface area contributed by atoms with Crippen molar-refractivity contribution < 1.29 is 0 Å². The quantitative estimate of drug-likeness (QED) is 0.625. The summed E-state index contributed by atoms with van der Waals surface area (Å²) in [6.45, 7) is 0. The zero-order chi connectivity index (χ0) is 8.23. The summed E-state index contributed by atoms with van der Waals surface area (Å²) < 4.78 is 0. The zero-order valence-electron chi connectivity index (χ0n) is 6.31. The summed E-state index contributed by atoms with van der Waals surface area (Å²) in [5.74, 6) is 0. The second kappa shape index (κ2) is 3.09. The third-order valence-corrected chi connectivity index (χ3v) is 1.50. The average molecular weight is 156 g/mol. The Bertz CT molecular complexity index is 307. The van der Waals surface area contributed by atoms with Gasteiger partial charge in [-0.2, -0.15) is 0 Å². The van der Waals surface area contributed by atoms with Gasteiger partial charge in [-0.05, 0) is 6.07 Å². The Morgan fingerprint density at radius 1 is 0.917 bits per heavy atom. The summed E-state index contributed by atoms with van der Waals surface area (Å²) in [5.41, 5.74) is 1.94. The maximum Gasteiger partial charge on any atom is 0.115 e. The van der Waals surface area contributed by atoms with Crippen LogP contribution in [0.4, 0.5) is 0 Å². The van der Waals surface area contributed by atoms with Crippen LogP contribution in [0.3, 0.4) is 0 Å². The van der Waals surface area contributed by atoms with Crippen molar-refractivity contribution in [3.05, 3.63) is 43.2 Å². The highest BCUT2D eigenvalue weighted by molar-refractivity contribution is 5.59. The molecule has 0 aliphatic rings. The van der Waals surface area contributed by atoms with Crippen molar-refractivity contribution in [2.75, 3.05) is 0 Å². The highest BCUT2D eigenvalue weighted by Crippen LogP contribution is 2.13. The fourth-order valence-corrected chi connectivity index (χ4v) is 0.931. The molecule has 3 heteroatoms. The number of hydrogen-bond donors (Lipinski definition) is 0. The molecule has 0 amide bonds. The lowest BCUT2D eigenvalue weighted by atomic mass is 10.2. The van der Waals surface area contributed by atoms with Gasteiger partial charge in [-0.25, -0.2) is 9.97 Å². The summed E-state index contributed by atoms with van der Waals surface area (Å²) in [6, 6.07) is 4.75. The van der Waals surface area contributed by atoms with Gasteiger partial charge in [0.2, 0.25) is 0 Å². The first-order valence-corrected chi connectivity index (χ1v) is 3.53. The summed E-state index contributed by atoms with van der Waals surface area (Å²) in [4.78, 5) is 11.8. The second-order valence-corrected chi connectivity index (χ2v) is 2.30. The fraction of sp³-hybridized carbons (Fsp3) is 0. The van der Waals surface area contributed by atoms with Gasteiger partial charge in [-0.1, -0.05) is 0 Å². The van der Waals surface area contributed by atoms with Crippen LogP contribution in [-0.4, -0.2) is 15.0 Å². The monoisotopic (exact) mass is 156 g/mol. The molecule has 1 radical (unpaired) electrons. The first-order chi connectivity index (χ1) is 5.97. The molecular weight excluding hydrogens is 150 g/mol. The minimum Gasteiger partial charge on any atom is -0.263 e. The number of rotatable bonds is 1. The fourth-order valence-electron chi connectivity index (χ4n) is 0.931. The Kier molecular flexibility index (Phi) is 1.78. The van der Waals surface area contributed by atoms with Crippen molar-refractivity contribution in [1.82, 2.24) is 15.0 Å². The first-order valence-electron chi connectivity index (χ1n) is 3.53. The molecule has 2 rings (SSSR count). The van der Waals surface area contributed by atoms with Crippen molar-refractivity contribution in [2.45, 2.75) is 0 Å². The van der Waals surface area contributed by atoms with Gasteiger partial charge in [0.25, 0.3) is 0 Å². The largest absolute Gasteiger partial charge is 0.263 e. The standard InChI is InChI=1S/C9H6N3/c1-2-8(4-10-3-1)9-5-11-7-12-6-9/h2-7H. The maximum atomic E-state index is 3.95. The topological polar surface area (TPSA) is 38.7 Å². The highest BCUT2D eigenvalue weighted by Gasteiger charge is 1.94. The molecule has 2 aromatic rings. The summed E-state index contributed by atoms with van der Waals surface area (Å²) in [6.07, 6.45) is 8.38. The molecule has 0 aliphatic heterocycles. The lowest BCUT2D eigenvalue weighted by Crippen LogP contribution is -1.82. The maximum absolute atomic E-state index is 3.95. The second-order valence-electron chi connectivity index (χ2n) is 2.30. The Morgan fingerprint density at radius 3 is 2.33 bits per heavy atom. The van der Waals surface area contributed by atoms with Gasteiger partial charge in [0.15, 0.2) is 0 Å². The van der Waals surface area contributed by atoms with Crippen LogP contribution in [0, 0.1) is 6.07 Å². The molecule has 0 atom stereocenters. The molecule has 2 heterocycles. The van der Waals surface area contributed by atoms with E-state index in [0.29, 0.717) is 0 Å². The van der Waals surface area contributed by atoms with Crippen LogP contribution >= 0.6 is 0 Å². The van der Waals surface area contributed by atoms with Gasteiger partial charge >= 0.3 is 0 Å². The molecular formula is C9H6N3. The molecule has 0 aromatic carbocycles. The predicted octanol–water partition coefficient (Wildman–Crippen LogP) is 1.34. The number of hydrogen-bond acceptors (Lipinski definition) is 3. The smallest absolute Gasteiger partial charge is 0.115 e. The average Bonchev–Trinajstić information content (AvgIpc) is 2.21. The van der Waals surface area contributed by atoms with E-state index < -0.39 is 0 Å². The SMILES string of the molecule is [c]1cncc(-c2cncnc2)c1. The molecule has 0 N–H and O–H groups in total.